The van der Waals surface area contributed by atoms with Crippen molar-refractivity contribution in [1.82, 2.24) is 15.3 Å². The minimum absolute atomic E-state index is 0.0902. The first-order valence-corrected chi connectivity index (χ1v) is 10.0. The monoisotopic (exact) mass is 383 g/mol. The van der Waals surface area contributed by atoms with Gasteiger partial charge in [0, 0.05) is 19.5 Å². The number of carbonyl (C=O) groups is 3. The van der Waals surface area contributed by atoms with Crippen LogP contribution in [0.15, 0.2) is 0 Å². The van der Waals surface area contributed by atoms with Crippen LogP contribution >= 0.6 is 0 Å². The normalized spacial score (nSPS) is 17.4. The summed E-state index contributed by atoms with van der Waals surface area (Å²) in [6.45, 7) is 14.5. The molecule has 1 atom stereocenters. The van der Waals surface area contributed by atoms with Crippen LogP contribution in [-0.2, 0) is 14.3 Å². The van der Waals surface area contributed by atoms with Crippen LogP contribution < -0.4 is 5.43 Å². The molecule has 1 rings (SSSR count). The molecule has 0 aliphatic carbocycles. The Kier molecular flexibility index (Phi) is 8.57. The van der Waals surface area contributed by atoms with E-state index in [4.69, 9.17) is 4.74 Å². The Hall–Kier alpha value is -1.79. The van der Waals surface area contributed by atoms with Crippen molar-refractivity contribution < 1.29 is 19.1 Å². The number of hydrazine groups is 1. The number of rotatable bonds is 6. The number of carbonyl (C=O) groups excluding carboxylic acids is 3. The molecule has 1 aliphatic rings. The van der Waals surface area contributed by atoms with Gasteiger partial charge >= 0.3 is 6.09 Å². The molecular formula is C20H37N3O4. The lowest BCUT2D eigenvalue weighted by Gasteiger charge is -2.31. The van der Waals surface area contributed by atoms with Crippen molar-refractivity contribution in [3.05, 3.63) is 0 Å². The zero-order valence-electron chi connectivity index (χ0n) is 18.0. The Labute approximate surface area is 163 Å². The first-order valence-electron chi connectivity index (χ1n) is 10.0. The summed E-state index contributed by atoms with van der Waals surface area (Å²) in [5, 5.41) is 1.42. The lowest BCUT2D eigenvalue weighted by Crippen LogP contribution is -2.54. The quantitative estimate of drug-likeness (QED) is 0.714. The van der Waals surface area contributed by atoms with Gasteiger partial charge in [0.15, 0.2) is 0 Å². The molecule has 1 aliphatic heterocycles. The van der Waals surface area contributed by atoms with E-state index in [0.29, 0.717) is 31.8 Å². The Morgan fingerprint density at radius 1 is 1.15 bits per heavy atom. The van der Waals surface area contributed by atoms with Gasteiger partial charge in [0.25, 0.3) is 5.91 Å². The van der Waals surface area contributed by atoms with Crippen LogP contribution in [0.5, 0.6) is 0 Å². The fourth-order valence-corrected chi connectivity index (χ4v) is 2.91. The molecule has 1 fully saturated rings. The van der Waals surface area contributed by atoms with Gasteiger partial charge in [-0.1, -0.05) is 27.7 Å². The van der Waals surface area contributed by atoms with Gasteiger partial charge in [-0.25, -0.2) is 4.79 Å². The van der Waals surface area contributed by atoms with E-state index in [1.807, 2.05) is 13.8 Å². The van der Waals surface area contributed by atoms with Crippen LogP contribution in [0.1, 0.15) is 74.1 Å². The maximum Gasteiger partial charge on any atom is 0.410 e. The molecule has 0 saturated carbocycles. The minimum atomic E-state index is -0.614. The molecule has 7 heteroatoms. The van der Waals surface area contributed by atoms with Crippen molar-refractivity contribution in [3.63, 3.8) is 0 Å². The fraction of sp³-hybridized carbons (Fsp3) is 0.850. The van der Waals surface area contributed by atoms with Crippen LogP contribution in [0.4, 0.5) is 4.79 Å². The summed E-state index contributed by atoms with van der Waals surface area (Å²) in [5.41, 5.74) is 2.14. The van der Waals surface area contributed by atoms with Crippen LogP contribution in [-0.4, -0.2) is 52.5 Å². The van der Waals surface area contributed by atoms with Gasteiger partial charge < -0.3 is 4.74 Å². The van der Waals surface area contributed by atoms with E-state index in [1.165, 1.54) is 9.91 Å². The number of nitrogens with zero attached hydrogens (tertiary/aromatic N) is 2. The molecule has 1 heterocycles. The number of likely N-dealkylation sites (tertiary alicyclic amines) is 1. The van der Waals surface area contributed by atoms with E-state index >= 15 is 0 Å². The Morgan fingerprint density at radius 3 is 2.30 bits per heavy atom. The van der Waals surface area contributed by atoms with Crippen molar-refractivity contribution in [3.8, 4) is 0 Å². The Balaban J connectivity index is 2.77. The molecule has 0 spiro atoms. The SMILES string of the molecule is CC(C)CCC(=O)N(CC(C)C)NC(=O)[C@H]1CCCN1C(=O)OC(C)(C)C. The van der Waals surface area contributed by atoms with Crippen LogP contribution in [0.3, 0.4) is 0 Å². The largest absolute Gasteiger partial charge is 0.444 e. The highest BCUT2D eigenvalue weighted by molar-refractivity contribution is 5.88. The summed E-state index contributed by atoms with van der Waals surface area (Å²) < 4.78 is 5.41. The van der Waals surface area contributed by atoms with E-state index in [1.54, 1.807) is 20.8 Å². The second-order valence-electron chi connectivity index (χ2n) is 9.14. The third-order valence-corrected chi connectivity index (χ3v) is 4.21. The second kappa shape index (κ2) is 9.95. The lowest BCUT2D eigenvalue weighted by molar-refractivity contribution is -0.144. The van der Waals surface area contributed by atoms with Crippen LogP contribution in [0.2, 0.25) is 0 Å². The van der Waals surface area contributed by atoms with E-state index < -0.39 is 17.7 Å². The van der Waals surface area contributed by atoms with E-state index in [2.05, 4.69) is 19.3 Å². The molecule has 156 valence electrons. The molecule has 1 N–H and O–H groups in total. The average molecular weight is 384 g/mol. The van der Waals surface area contributed by atoms with Gasteiger partial charge in [-0.05, 0) is 51.9 Å². The minimum Gasteiger partial charge on any atom is -0.444 e. The van der Waals surface area contributed by atoms with Crippen molar-refractivity contribution in [1.29, 1.82) is 0 Å². The van der Waals surface area contributed by atoms with Crippen molar-refractivity contribution in [2.24, 2.45) is 11.8 Å². The number of amides is 3. The maximum absolute atomic E-state index is 12.8. The standard InChI is InChI=1S/C20H37N3O4/c1-14(2)10-11-17(24)23(13-15(3)4)21-18(25)16-9-8-12-22(16)19(26)27-20(5,6)7/h14-16H,8-13H2,1-7H3,(H,21,25)/t16-/m1/s1. The summed E-state index contributed by atoms with van der Waals surface area (Å²) in [7, 11) is 0. The molecule has 0 radical (unpaired) electrons. The van der Waals surface area contributed by atoms with Crippen LogP contribution in [0.25, 0.3) is 0 Å². The number of hydrogen-bond acceptors (Lipinski definition) is 4. The summed E-state index contributed by atoms with van der Waals surface area (Å²) in [6.07, 6.45) is 1.99. The summed E-state index contributed by atoms with van der Waals surface area (Å²) in [4.78, 5) is 39.2. The molecule has 1 saturated heterocycles. The molecule has 3 amide bonds. The molecule has 0 aromatic carbocycles. The van der Waals surface area contributed by atoms with Gasteiger partial charge in [-0.2, -0.15) is 0 Å². The first-order chi connectivity index (χ1) is 12.4. The van der Waals surface area contributed by atoms with Gasteiger partial charge in [0.05, 0.1) is 0 Å². The number of ether oxygens (including phenoxy) is 1. The van der Waals surface area contributed by atoms with Gasteiger partial charge in [0.1, 0.15) is 11.6 Å². The highest BCUT2D eigenvalue weighted by Crippen LogP contribution is 2.21. The zero-order valence-corrected chi connectivity index (χ0v) is 18.0. The molecule has 0 aromatic rings. The Morgan fingerprint density at radius 2 is 1.78 bits per heavy atom. The second-order valence-corrected chi connectivity index (χ2v) is 9.14. The van der Waals surface area contributed by atoms with E-state index in [-0.39, 0.29) is 17.7 Å². The van der Waals surface area contributed by atoms with Crippen LogP contribution in [0, 0.1) is 11.8 Å². The molecule has 0 bridgehead atoms. The molecule has 0 unspecified atom stereocenters. The summed E-state index contributed by atoms with van der Waals surface area (Å²) >= 11 is 0. The van der Waals surface area contributed by atoms with Crippen molar-refractivity contribution in [2.45, 2.75) is 85.8 Å². The van der Waals surface area contributed by atoms with Gasteiger partial charge in [0.2, 0.25) is 5.91 Å². The third kappa shape index (κ3) is 8.18. The first kappa shape index (κ1) is 23.2. The predicted molar refractivity (Wildman–Crippen MR) is 105 cm³/mol. The number of nitrogens with one attached hydrogen (secondary N) is 1. The fourth-order valence-electron chi connectivity index (χ4n) is 2.91. The smallest absolute Gasteiger partial charge is 0.410 e. The molecule has 0 aromatic heterocycles. The third-order valence-electron chi connectivity index (χ3n) is 4.21. The maximum atomic E-state index is 12.8. The molecular weight excluding hydrogens is 346 g/mol. The predicted octanol–water partition coefficient (Wildman–Crippen LogP) is 3.34. The summed E-state index contributed by atoms with van der Waals surface area (Å²) in [6, 6.07) is -0.604. The summed E-state index contributed by atoms with van der Waals surface area (Å²) in [5.74, 6) is 0.228. The molecule has 7 nitrogen and oxygen atoms in total. The van der Waals surface area contributed by atoms with Gasteiger partial charge in [-0.15, -0.1) is 0 Å². The Bertz CT molecular complexity index is 526. The lowest BCUT2D eigenvalue weighted by atomic mass is 10.1. The van der Waals surface area contributed by atoms with E-state index in [9.17, 15) is 14.4 Å². The van der Waals surface area contributed by atoms with Crippen molar-refractivity contribution in [2.75, 3.05) is 13.1 Å². The zero-order chi connectivity index (χ0) is 20.8. The average Bonchev–Trinajstić information content (AvgIpc) is 2.99. The topological polar surface area (TPSA) is 79.0 Å². The molecule has 27 heavy (non-hydrogen) atoms. The van der Waals surface area contributed by atoms with Crippen molar-refractivity contribution >= 4 is 17.9 Å². The van der Waals surface area contributed by atoms with E-state index in [0.717, 1.165) is 12.8 Å². The van der Waals surface area contributed by atoms with Gasteiger partial charge in [-0.3, -0.25) is 24.9 Å². The highest BCUT2D eigenvalue weighted by Gasteiger charge is 2.37. The number of hydrogen-bond donors (Lipinski definition) is 1. The highest BCUT2D eigenvalue weighted by atomic mass is 16.6.